The Kier molecular flexibility index (Phi) is 66.8. The van der Waals surface area contributed by atoms with Gasteiger partial charge in [0.1, 0.15) is 19.3 Å². The van der Waals surface area contributed by atoms with Crippen LogP contribution in [-0.2, 0) is 65.4 Å². The minimum absolute atomic E-state index is 0.106. The van der Waals surface area contributed by atoms with Crippen LogP contribution < -0.4 is 0 Å². The molecule has 0 saturated heterocycles. The van der Waals surface area contributed by atoms with Gasteiger partial charge in [-0.05, 0) is 49.4 Å². The number of carbonyl (C=O) groups is 4. The predicted octanol–water partition coefficient (Wildman–Crippen LogP) is 23.2. The molecular weight excluding hydrogens is 1280 g/mol. The van der Waals surface area contributed by atoms with Crippen LogP contribution in [0.3, 0.4) is 0 Å². The van der Waals surface area contributed by atoms with E-state index in [9.17, 15) is 43.2 Å². The Hall–Kier alpha value is -1.94. The van der Waals surface area contributed by atoms with Crippen molar-refractivity contribution in [1.82, 2.24) is 0 Å². The molecule has 0 aliphatic carbocycles. The Balaban J connectivity index is 5.25. The summed E-state index contributed by atoms with van der Waals surface area (Å²) in [6, 6.07) is 0. The number of hydrogen-bond donors (Lipinski definition) is 3. The molecule has 0 aromatic heterocycles. The number of hydrogen-bond acceptors (Lipinski definition) is 15. The first-order valence-electron chi connectivity index (χ1n) is 40.7. The lowest BCUT2D eigenvalue weighted by Crippen LogP contribution is -2.30. The van der Waals surface area contributed by atoms with E-state index in [-0.39, 0.29) is 25.7 Å². The van der Waals surface area contributed by atoms with E-state index in [1.165, 1.54) is 199 Å². The van der Waals surface area contributed by atoms with Gasteiger partial charge in [0, 0.05) is 25.7 Å². The molecule has 98 heavy (non-hydrogen) atoms. The molecule has 17 nitrogen and oxygen atoms in total. The summed E-state index contributed by atoms with van der Waals surface area (Å²) in [5.41, 5.74) is 0. The number of esters is 4. The second kappa shape index (κ2) is 68.2. The topological polar surface area (TPSA) is 237 Å². The number of phosphoric ester groups is 2. The number of phosphoric acid groups is 2. The van der Waals surface area contributed by atoms with Crippen molar-refractivity contribution in [3.63, 3.8) is 0 Å². The van der Waals surface area contributed by atoms with Crippen molar-refractivity contribution in [2.24, 2.45) is 23.7 Å². The fraction of sp³-hybridized carbons (Fsp3) is 0.949. The number of rotatable bonds is 76. The number of ether oxygens (including phenoxy) is 4. The summed E-state index contributed by atoms with van der Waals surface area (Å²) in [6.07, 6.45) is 54.1. The van der Waals surface area contributed by atoms with Gasteiger partial charge in [0.2, 0.25) is 0 Å². The van der Waals surface area contributed by atoms with Gasteiger partial charge in [-0.3, -0.25) is 37.3 Å². The molecule has 582 valence electrons. The van der Waals surface area contributed by atoms with E-state index in [4.69, 9.17) is 37.0 Å². The third-order valence-corrected chi connectivity index (χ3v) is 20.6. The Bertz CT molecular complexity index is 1920. The van der Waals surface area contributed by atoms with Gasteiger partial charge in [0.15, 0.2) is 12.2 Å². The van der Waals surface area contributed by atoms with Gasteiger partial charge in [0.25, 0.3) is 0 Å². The van der Waals surface area contributed by atoms with Gasteiger partial charge in [-0.1, -0.05) is 351 Å². The lowest BCUT2D eigenvalue weighted by atomic mass is 9.99. The molecule has 0 aliphatic heterocycles. The van der Waals surface area contributed by atoms with Gasteiger partial charge in [-0.15, -0.1) is 0 Å². The average Bonchev–Trinajstić information content (AvgIpc) is 1.71. The Morgan fingerprint density at radius 2 is 0.490 bits per heavy atom. The molecule has 0 spiro atoms. The van der Waals surface area contributed by atoms with Gasteiger partial charge >= 0.3 is 39.5 Å². The molecule has 6 atom stereocenters. The van der Waals surface area contributed by atoms with Gasteiger partial charge < -0.3 is 33.8 Å². The van der Waals surface area contributed by atoms with Crippen LogP contribution in [0.15, 0.2) is 0 Å². The summed E-state index contributed by atoms with van der Waals surface area (Å²) in [4.78, 5) is 72.9. The number of aliphatic hydroxyl groups excluding tert-OH is 1. The zero-order valence-electron chi connectivity index (χ0n) is 64.4. The smallest absolute Gasteiger partial charge is 0.462 e. The van der Waals surface area contributed by atoms with E-state index in [0.29, 0.717) is 31.6 Å². The van der Waals surface area contributed by atoms with Crippen molar-refractivity contribution in [3.8, 4) is 0 Å². The summed E-state index contributed by atoms with van der Waals surface area (Å²) in [6.45, 7) is 14.2. The van der Waals surface area contributed by atoms with Crippen molar-refractivity contribution < 1.29 is 80.2 Å². The van der Waals surface area contributed by atoms with Crippen molar-refractivity contribution in [2.75, 3.05) is 39.6 Å². The van der Waals surface area contributed by atoms with Crippen LogP contribution in [0.25, 0.3) is 0 Å². The first-order valence-corrected chi connectivity index (χ1v) is 43.7. The molecule has 0 saturated carbocycles. The molecule has 0 rings (SSSR count). The van der Waals surface area contributed by atoms with E-state index in [1.54, 1.807) is 0 Å². The number of aliphatic hydroxyl groups is 1. The van der Waals surface area contributed by atoms with Crippen LogP contribution in [0.4, 0.5) is 0 Å². The highest BCUT2D eigenvalue weighted by Crippen LogP contribution is 2.45. The highest BCUT2D eigenvalue weighted by molar-refractivity contribution is 7.47. The van der Waals surface area contributed by atoms with Crippen LogP contribution in [0.1, 0.15) is 402 Å². The monoisotopic (exact) mass is 1440 g/mol. The van der Waals surface area contributed by atoms with E-state index in [1.807, 2.05) is 0 Å². The zero-order valence-corrected chi connectivity index (χ0v) is 66.2. The Labute approximate surface area is 600 Å². The molecule has 0 aromatic rings. The maximum absolute atomic E-state index is 13.1. The first kappa shape index (κ1) is 96.1. The molecular formula is C79H154O17P2. The Morgan fingerprint density at radius 3 is 0.724 bits per heavy atom. The highest BCUT2D eigenvalue weighted by atomic mass is 31.2. The zero-order chi connectivity index (χ0) is 72.4. The quantitative estimate of drug-likeness (QED) is 0.0222. The van der Waals surface area contributed by atoms with Crippen LogP contribution in [0.2, 0.25) is 0 Å². The van der Waals surface area contributed by atoms with Crippen LogP contribution in [0.5, 0.6) is 0 Å². The van der Waals surface area contributed by atoms with Crippen molar-refractivity contribution in [3.05, 3.63) is 0 Å². The fourth-order valence-corrected chi connectivity index (χ4v) is 13.6. The maximum atomic E-state index is 13.1. The molecule has 0 amide bonds. The van der Waals surface area contributed by atoms with Crippen molar-refractivity contribution >= 4 is 39.5 Å². The lowest BCUT2D eigenvalue weighted by molar-refractivity contribution is -0.161. The van der Waals surface area contributed by atoms with E-state index < -0.39 is 97.5 Å². The molecule has 0 aliphatic rings. The van der Waals surface area contributed by atoms with Crippen molar-refractivity contribution in [1.29, 1.82) is 0 Å². The van der Waals surface area contributed by atoms with Crippen LogP contribution in [0, 0.1) is 23.7 Å². The van der Waals surface area contributed by atoms with Gasteiger partial charge in [-0.2, -0.15) is 0 Å². The predicted molar refractivity (Wildman–Crippen MR) is 400 cm³/mol. The molecule has 3 N–H and O–H groups in total. The summed E-state index contributed by atoms with van der Waals surface area (Å²) in [5, 5.41) is 10.6. The van der Waals surface area contributed by atoms with Crippen molar-refractivity contribution in [2.45, 2.75) is 420 Å². The molecule has 4 unspecified atom stereocenters. The molecule has 19 heteroatoms. The largest absolute Gasteiger partial charge is 0.472 e. The van der Waals surface area contributed by atoms with Gasteiger partial charge in [0.05, 0.1) is 26.4 Å². The van der Waals surface area contributed by atoms with Crippen LogP contribution >= 0.6 is 15.6 Å². The third-order valence-electron chi connectivity index (χ3n) is 18.7. The minimum Gasteiger partial charge on any atom is -0.462 e. The average molecular weight is 1440 g/mol. The molecule has 0 aromatic carbocycles. The lowest BCUT2D eigenvalue weighted by Gasteiger charge is -2.21. The summed E-state index contributed by atoms with van der Waals surface area (Å²) in [7, 11) is -9.92. The second-order valence-corrected chi connectivity index (χ2v) is 33.0. The highest BCUT2D eigenvalue weighted by Gasteiger charge is 2.30. The van der Waals surface area contributed by atoms with E-state index in [2.05, 4.69) is 55.4 Å². The molecule has 0 bridgehead atoms. The number of carbonyl (C=O) groups excluding carboxylic acids is 4. The second-order valence-electron chi connectivity index (χ2n) is 30.1. The molecule has 0 heterocycles. The summed E-state index contributed by atoms with van der Waals surface area (Å²) < 4.78 is 68.6. The normalized spacial score (nSPS) is 14.3. The fourth-order valence-electron chi connectivity index (χ4n) is 12.0. The summed E-state index contributed by atoms with van der Waals surface area (Å²) >= 11 is 0. The molecule has 0 radical (unpaired) electrons. The van der Waals surface area contributed by atoms with Gasteiger partial charge in [-0.25, -0.2) is 9.13 Å². The Morgan fingerprint density at radius 1 is 0.286 bits per heavy atom. The van der Waals surface area contributed by atoms with E-state index >= 15 is 0 Å². The maximum Gasteiger partial charge on any atom is 0.472 e. The first-order chi connectivity index (χ1) is 47.1. The summed E-state index contributed by atoms with van der Waals surface area (Å²) in [5.74, 6) is 0.992. The third kappa shape index (κ3) is 71.1. The minimum atomic E-state index is -4.96. The standard InChI is InChI=1S/C79H154O17P2/c1-9-72(8)58-50-42-34-26-20-12-10-11-13-21-27-35-43-51-59-76(81)89-65-74(95-78(83)61-53-45-36-28-22-16-14-18-24-31-39-47-55-69(2)3)67-93-97(85,86)91-63-73(80)64-92-98(87,88)94-68-75(66-90-77(82)60-52-44-38-30-33-41-49-57-71(6)7)96-79(84)62-54-46-37-29-23-17-15-19-25-32-40-48-56-70(4)5/h69-75,80H,9-68H2,1-8H3,(H,85,86)(H,87,88)/t72?,73?,74-,75-/m1/s1. The van der Waals surface area contributed by atoms with E-state index in [0.717, 1.165) is 114 Å². The number of unbranched alkanes of at least 4 members (excludes halogenated alkanes) is 41. The SMILES string of the molecule is CCC(C)CCCCCCCCCCCCCCCCC(=O)OC[C@H](COP(=O)(O)OCC(O)COP(=O)(O)OC[C@@H](COC(=O)CCCCCCCCCC(C)C)OC(=O)CCCCCCCCCCCCCCC(C)C)OC(=O)CCCCCCCCCCCCCCC(C)C. The van der Waals surface area contributed by atoms with Crippen LogP contribution in [-0.4, -0.2) is 96.7 Å². The molecule has 0 fully saturated rings.